The van der Waals surface area contributed by atoms with Gasteiger partial charge in [-0.2, -0.15) is 9.61 Å². The van der Waals surface area contributed by atoms with Gasteiger partial charge in [-0.05, 0) is 6.92 Å². The van der Waals surface area contributed by atoms with Gasteiger partial charge in [-0.3, -0.25) is 0 Å². The molecule has 1 fully saturated rings. The molecule has 5 rings (SSSR count). The van der Waals surface area contributed by atoms with Crippen molar-refractivity contribution in [1.82, 2.24) is 19.9 Å². The molecule has 2 aliphatic heterocycles. The number of allylic oxidation sites excluding steroid dienone is 5. The number of anilines is 1. The minimum atomic E-state index is -0.373. The van der Waals surface area contributed by atoms with Gasteiger partial charge in [-0.15, -0.1) is 0 Å². The summed E-state index contributed by atoms with van der Waals surface area (Å²) in [4.78, 5) is 7.19. The van der Waals surface area contributed by atoms with Gasteiger partial charge in [0.15, 0.2) is 5.65 Å². The van der Waals surface area contributed by atoms with Crippen LogP contribution in [0.25, 0.3) is 16.9 Å². The second kappa shape index (κ2) is 9.34. The third-order valence-electron chi connectivity index (χ3n) is 5.66. The van der Waals surface area contributed by atoms with Crippen LogP contribution >= 0.6 is 0 Å². The molecule has 0 bridgehead atoms. The van der Waals surface area contributed by atoms with E-state index in [9.17, 15) is 0 Å². The van der Waals surface area contributed by atoms with Gasteiger partial charge in [0.2, 0.25) is 6.23 Å². The van der Waals surface area contributed by atoms with Crippen molar-refractivity contribution in [1.29, 1.82) is 0 Å². The van der Waals surface area contributed by atoms with Crippen LogP contribution < -0.4 is 10.2 Å². The normalized spacial score (nSPS) is 18.9. The van der Waals surface area contributed by atoms with Crippen LogP contribution in [0, 0.1) is 0 Å². The zero-order valence-corrected chi connectivity index (χ0v) is 18.6. The van der Waals surface area contributed by atoms with E-state index in [-0.39, 0.29) is 6.23 Å². The Bertz CT molecular complexity index is 1240. The van der Waals surface area contributed by atoms with Crippen LogP contribution in [-0.4, -0.2) is 40.9 Å². The fourth-order valence-corrected chi connectivity index (χ4v) is 4.06. The molecule has 3 aromatic rings. The van der Waals surface area contributed by atoms with Crippen LogP contribution in [0.5, 0.6) is 0 Å². The number of benzene rings is 1. The molecule has 0 amide bonds. The van der Waals surface area contributed by atoms with Gasteiger partial charge in [-0.1, -0.05) is 61.2 Å². The van der Waals surface area contributed by atoms with Gasteiger partial charge in [0, 0.05) is 36.4 Å². The summed E-state index contributed by atoms with van der Waals surface area (Å²) in [6.07, 6.45) is 9.13. The van der Waals surface area contributed by atoms with E-state index in [0.717, 1.165) is 52.8 Å². The molecule has 0 aliphatic carbocycles. The Labute approximate surface area is 193 Å². The molecule has 2 aromatic heterocycles. The SMILES string of the molecule is C=C/C=C(\C=C/C)c1cc2nc(C3NC(c4ccccc4)=CO3)cc(N3CCOCC3)n2n1. The van der Waals surface area contributed by atoms with E-state index in [1.807, 2.05) is 53.9 Å². The van der Waals surface area contributed by atoms with Crippen molar-refractivity contribution in [3.05, 3.63) is 96.6 Å². The maximum Gasteiger partial charge on any atom is 0.212 e. The molecule has 0 spiro atoms. The Kier molecular flexibility index (Phi) is 5.95. The van der Waals surface area contributed by atoms with E-state index in [2.05, 4.69) is 35.0 Å². The minimum Gasteiger partial charge on any atom is -0.470 e. The van der Waals surface area contributed by atoms with Crippen molar-refractivity contribution >= 4 is 22.7 Å². The highest BCUT2D eigenvalue weighted by Crippen LogP contribution is 2.30. The highest BCUT2D eigenvalue weighted by molar-refractivity contribution is 5.75. The van der Waals surface area contributed by atoms with Gasteiger partial charge >= 0.3 is 0 Å². The predicted octanol–water partition coefficient (Wildman–Crippen LogP) is 4.33. The number of nitrogens with one attached hydrogen (secondary N) is 1. The lowest BCUT2D eigenvalue weighted by Gasteiger charge is -2.29. The first-order chi connectivity index (χ1) is 16.3. The molecule has 168 valence electrons. The van der Waals surface area contributed by atoms with Crippen molar-refractivity contribution in [3.63, 3.8) is 0 Å². The Hall–Kier alpha value is -3.84. The minimum absolute atomic E-state index is 0.373. The zero-order chi connectivity index (χ0) is 22.6. The molecule has 7 heteroatoms. The lowest BCUT2D eigenvalue weighted by Crippen LogP contribution is -2.37. The average molecular weight is 442 g/mol. The molecule has 2 aliphatic rings. The average Bonchev–Trinajstić information content (AvgIpc) is 3.52. The van der Waals surface area contributed by atoms with Gasteiger partial charge in [0.1, 0.15) is 17.8 Å². The first kappa shape index (κ1) is 21.0. The predicted molar refractivity (Wildman–Crippen MR) is 130 cm³/mol. The van der Waals surface area contributed by atoms with Gasteiger partial charge in [0.05, 0.1) is 24.6 Å². The monoisotopic (exact) mass is 441 g/mol. The van der Waals surface area contributed by atoms with Crippen LogP contribution in [0.15, 0.2) is 79.6 Å². The molecule has 0 radical (unpaired) electrons. The number of rotatable bonds is 6. The van der Waals surface area contributed by atoms with Crippen LogP contribution in [0.3, 0.4) is 0 Å². The van der Waals surface area contributed by atoms with Gasteiger partial charge in [-0.25, -0.2) is 4.98 Å². The van der Waals surface area contributed by atoms with Crippen LogP contribution in [0.2, 0.25) is 0 Å². The second-order valence-corrected chi connectivity index (χ2v) is 7.85. The summed E-state index contributed by atoms with van der Waals surface area (Å²) < 4.78 is 13.5. The molecule has 33 heavy (non-hydrogen) atoms. The molecule has 4 heterocycles. The van der Waals surface area contributed by atoms with Crippen molar-refractivity contribution in [2.45, 2.75) is 13.2 Å². The Morgan fingerprint density at radius 3 is 2.76 bits per heavy atom. The molecule has 0 saturated carbocycles. The van der Waals surface area contributed by atoms with Crippen LogP contribution in [-0.2, 0) is 9.47 Å². The maximum absolute atomic E-state index is 5.98. The summed E-state index contributed by atoms with van der Waals surface area (Å²) in [5.74, 6) is 0.974. The Morgan fingerprint density at radius 1 is 1.18 bits per heavy atom. The van der Waals surface area contributed by atoms with E-state index in [0.29, 0.717) is 13.2 Å². The van der Waals surface area contributed by atoms with E-state index in [4.69, 9.17) is 19.6 Å². The number of morpholine rings is 1. The highest BCUT2D eigenvalue weighted by atomic mass is 16.5. The molecule has 7 nitrogen and oxygen atoms in total. The summed E-state index contributed by atoms with van der Waals surface area (Å²) in [6.45, 7) is 8.79. The van der Waals surface area contributed by atoms with Crippen molar-refractivity contribution in [2.75, 3.05) is 31.2 Å². The molecular weight excluding hydrogens is 414 g/mol. The van der Waals surface area contributed by atoms with Gasteiger partial charge < -0.3 is 19.7 Å². The summed E-state index contributed by atoms with van der Waals surface area (Å²) in [5.41, 5.74) is 5.41. The third-order valence-corrected chi connectivity index (χ3v) is 5.66. The topological polar surface area (TPSA) is 63.9 Å². The molecule has 1 atom stereocenters. The summed E-state index contributed by atoms with van der Waals surface area (Å²) in [7, 11) is 0. The standard InChI is InChI=1S/C26H27N5O2/c1-3-8-19(9-4-2)21-16-24-27-22(17-25(31(24)29-21)30-12-14-32-15-13-30)26-28-23(18-33-26)20-10-6-5-7-11-20/h3-11,16-18,26,28H,1,12-15H2,2H3/b9-4-,19-8+. The Morgan fingerprint density at radius 2 is 2.00 bits per heavy atom. The van der Waals surface area contributed by atoms with Crippen molar-refractivity contribution in [3.8, 4) is 0 Å². The molecular formula is C26H27N5O2. The zero-order valence-electron chi connectivity index (χ0n) is 18.6. The van der Waals surface area contributed by atoms with E-state index < -0.39 is 0 Å². The van der Waals surface area contributed by atoms with Crippen LogP contribution in [0.4, 0.5) is 5.82 Å². The third kappa shape index (κ3) is 4.27. The Balaban J connectivity index is 1.54. The number of fused-ring (bicyclic) bond motifs is 1. The lowest BCUT2D eigenvalue weighted by molar-refractivity contribution is 0.122. The molecule has 1 unspecified atom stereocenters. The first-order valence-corrected chi connectivity index (χ1v) is 11.1. The molecule has 1 aromatic carbocycles. The molecule has 1 N–H and O–H groups in total. The number of ether oxygens (including phenoxy) is 2. The van der Waals surface area contributed by atoms with Crippen LogP contribution in [0.1, 0.15) is 30.1 Å². The summed E-state index contributed by atoms with van der Waals surface area (Å²) in [6, 6.07) is 14.2. The van der Waals surface area contributed by atoms with Crippen molar-refractivity contribution < 1.29 is 9.47 Å². The fourth-order valence-electron chi connectivity index (χ4n) is 4.06. The van der Waals surface area contributed by atoms with E-state index >= 15 is 0 Å². The number of nitrogens with zero attached hydrogens (tertiary/aromatic N) is 4. The molecule has 1 saturated heterocycles. The van der Waals surface area contributed by atoms with Crippen molar-refractivity contribution in [2.24, 2.45) is 0 Å². The lowest BCUT2D eigenvalue weighted by atomic mass is 10.1. The highest BCUT2D eigenvalue weighted by Gasteiger charge is 2.25. The second-order valence-electron chi connectivity index (χ2n) is 7.85. The number of aromatic nitrogens is 3. The van der Waals surface area contributed by atoms with Gasteiger partial charge in [0.25, 0.3) is 0 Å². The van der Waals surface area contributed by atoms with E-state index in [1.165, 1.54) is 0 Å². The fraction of sp³-hybridized carbons (Fsp3) is 0.231. The smallest absolute Gasteiger partial charge is 0.212 e. The quantitative estimate of drug-likeness (QED) is 0.575. The summed E-state index contributed by atoms with van der Waals surface area (Å²) in [5, 5.41) is 8.34. The first-order valence-electron chi connectivity index (χ1n) is 11.1. The van der Waals surface area contributed by atoms with E-state index in [1.54, 1.807) is 12.3 Å². The maximum atomic E-state index is 5.98. The number of hydrogen-bond donors (Lipinski definition) is 1. The number of hydrogen-bond acceptors (Lipinski definition) is 6. The largest absolute Gasteiger partial charge is 0.470 e. The summed E-state index contributed by atoms with van der Waals surface area (Å²) >= 11 is 0.